The molecule has 0 unspecified atom stereocenters. The summed E-state index contributed by atoms with van der Waals surface area (Å²) in [5.74, 6) is -0.511. The Kier molecular flexibility index (Phi) is 11.0. The summed E-state index contributed by atoms with van der Waals surface area (Å²) in [6, 6.07) is 16.8. The summed E-state index contributed by atoms with van der Waals surface area (Å²) in [5, 5.41) is 1.28. The van der Waals surface area contributed by atoms with Crippen LogP contribution in [0.2, 0.25) is 10.0 Å². The summed E-state index contributed by atoms with van der Waals surface area (Å²) in [4.78, 5) is 2.18. The van der Waals surface area contributed by atoms with Crippen molar-refractivity contribution in [3.05, 3.63) is 112 Å². The smallest absolute Gasteiger partial charge is 0.367 e. The van der Waals surface area contributed by atoms with Gasteiger partial charge in [0, 0.05) is 80.1 Å². The van der Waals surface area contributed by atoms with Crippen LogP contribution in [0.4, 0.5) is 11.4 Å². The summed E-state index contributed by atoms with van der Waals surface area (Å²) in [6.45, 7) is 9.70. The highest BCUT2D eigenvalue weighted by Crippen LogP contribution is 2.49. The zero-order chi connectivity index (χ0) is 35.6. The normalized spacial score (nSPS) is 17.6. The molecular weight excluding hydrogens is 705 g/mol. The van der Waals surface area contributed by atoms with Crippen molar-refractivity contribution >= 4 is 60.5 Å². The summed E-state index contributed by atoms with van der Waals surface area (Å²) < 4.78 is 67.5. The molecule has 0 aliphatic carbocycles. The van der Waals surface area contributed by atoms with E-state index in [-0.39, 0.29) is 17.6 Å². The third-order valence-corrected chi connectivity index (χ3v) is 11.6. The molecule has 13 heteroatoms. The van der Waals surface area contributed by atoms with Crippen molar-refractivity contribution in [2.75, 3.05) is 29.5 Å². The van der Waals surface area contributed by atoms with Crippen LogP contribution in [0.5, 0.6) is 0 Å². The molecule has 1 aromatic heterocycles. The Morgan fingerprint density at radius 3 is 2.18 bits per heavy atom. The minimum Gasteiger partial charge on any atom is -0.748 e. The zero-order valence-corrected chi connectivity index (χ0v) is 31.2. The molecule has 0 saturated heterocycles. The second-order valence-corrected chi connectivity index (χ2v) is 17.5. The van der Waals surface area contributed by atoms with Gasteiger partial charge in [0.05, 0.1) is 21.3 Å². The Hall–Kier alpha value is -3.22. The quantitative estimate of drug-likeness (QED) is 0.106. The van der Waals surface area contributed by atoms with Crippen LogP contribution >= 0.6 is 23.2 Å². The molecule has 0 radical (unpaired) electrons. The van der Waals surface area contributed by atoms with E-state index in [0.29, 0.717) is 42.4 Å². The number of hydrogen-bond acceptors (Lipinski definition) is 7. The van der Waals surface area contributed by atoms with Crippen LogP contribution in [-0.2, 0) is 31.1 Å². The first-order valence-electron chi connectivity index (χ1n) is 16.2. The number of allylic oxidation sites excluding steroid dienone is 4. The molecule has 2 aliphatic heterocycles. The predicted octanol–water partition coefficient (Wildman–Crippen LogP) is 6.46. The lowest BCUT2D eigenvalue weighted by Gasteiger charge is -2.27. The van der Waals surface area contributed by atoms with E-state index >= 15 is 0 Å². The van der Waals surface area contributed by atoms with Crippen molar-refractivity contribution in [1.82, 2.24) is 0 Å². The standard InChI is InChI=1S/C36H42Cl2N3O6S2/c1-35(2)29-25-27(37)15-17-31(29)40(21-8-10-23-48(42,43)44)33(35)13-12-14-34-36(3,4)30-26-28(38)16-18-32(30)41(34)22-9-11-24-49(45,46)47-39-19-6-5-7-20-39/h5-7,12-20,25-26H,8-11,21-24H2,1-4H3/q+1. The third kappa shape index (κ3) is 8.57. The predicted molar refractivity (Wildman–Crippen MR) is 193 cm³/mol. The first-order chi connectivity index (χ1) is 23.0. The van der Waals surface area contributed by atoms with E-state index in [1.54, 1.807) is 18.2 Å². The molecule has 0 bridgehead atoms. The van der Waals surface area contributed by atoms with E-state index in [1.807, 2.05) is 42.5 Å². The number of aromatic nitrogens is 1. The third-order valence-electron chi connectivity index (χ3n) is 9.16. The monoisotopic (exact) mass is 746 g/mol. The fraction of sp³-hybridized carbons (Fsp3) is 0.389. The number of unbranched alkanes of at least 4 members (excludes halogenated alkanes) is 2. The minimum atomic E-state index is -4.28. The highest BCUT2D eigenvalue weighted by molar-refractivity contribution is 7.86. The molecule has 0 fully saturated rings. The number of fused-ring (bicyclic) bond motifs is 2. The van der Waals surface area contributed by atoms with Gasteiger partial charge in [-0.25, -0.2) is 8.42 Å². The number of halogens is 2. The fourth-order valence-corrected chi connectivity index (χ4v) is 8.60. The molecule has 0 atom stereocenters. The van der Waals surface area contributed by atoms with Gasteiger partial charge in [0.15, 0.2) is 5.71 Å². The van der Waals surface area contributed by atoms with E-state index < -0.39 is 31.4 Å². The van der Waals surface area contributed by atoms with Crippen molar-refractivity contribution in [3.8, 4) is 0 Å². The second-order valence-electron chi connectivity index (χ2n) is 13.4. The summed E-state index contributed by atoms with van der Waals surface area (Å²) in [7, 11) is -8.06. The molecule has 0 N–H and O–H groups in total. The van der Waals surface area contributed by atoms with Crippen LogP contribution in [0.25, 0.3) is 0 Å². The maximum absolute atomic E-state index is 12.6. The van der Waals surface area contributed by atoms with Crippen LogP contribution < -0.4 is 13.9 Å². The van der Waals surface area contributed by atoms with Gasteiger partial charge in [-0.15, -0.1) is 4.28 Å². The van der Waals surface area contributed by atoms with E-state index in [9.17, 15) is 21.4 Å². The fourth-order valence-electron chi connectivity index (χ4n) is 6.71. The molecule has 2 aromatic carbocycles. The number of benzene rings is 2. The average Bonchev–Trinajstić information content (AvgIpc) is 3.35. The van der Waals surface area contributed by atoms with Crippen LogP contribution in [0.15, 0.2) is 90.9 Å². The van der Waals surface area contributed by atoms with Gasteiger partial charge >= 0.3 is 10.1 Å². The minimum absolute atomic E-state index is 0.118. The Morgan fingerprint density at radius 2 is 1.49 bits per heavy atom. The number of rotatable bonds is 14. The Labute approximate surface area is 300 Å². The molecule has 5 rings (SSSR count). The Balaban J connectivity index is 1.41. The van der Waals surface area contributed by atoms with Crippen molar-refractivity contribution in [2.45, 2.75) is 64.2 Å². The first-order valence-corrected chi connectivity index (χ1v) is 20.1. The average molecular weight is 748 g/mol. The summed E-state index contributed by atoms with van der Waals surface area (Å²) in [5.41, 5.74) is 5.46. The molecule has 49 heavy (non-hydrogen) atoms. The van der Waals surface area contributed by atoms with E-state index in [1.165, 1.54) is 17.1 Å². The van der Waals surface area contributed by atoms with Crippen LogP contribution in [0.3, 0.4) is 0 Å². The maximum Gasteiger partial charge on any atom is 0.367 e. The molecule has 2 aliphatic rings. The van der Waals surface area contributed by atoms with Gasteiger partial charge in [-0.05, 0) is 75.1 Å². The zero-order valence-electron chi connectivity index (χ0n) is 28.1. The van der Waals surface area contributed by atoms with Crippen molar-refractivity contribution in [2.24, 2.45) is 0 Å². The number of nitrogens with zero attached hydrogens (tertiary/aromatic N) is 3. The molecule has 0 saturated carbocycles. The van der Waals surface area contributed by atoms with Crippen molar-refractivity contribution in [1.29, 1.82) is 0 Å². The molecule has 3 aromatic rings. The van der Waals surface area contributed by atoms with E-state index in [0.717, 1.165) is 33.9 Å². The van der Waals surface area contributed by atoms with Gasteiger partial charge < -0.3 is 9.45 Å². The molecule has 0 amide bonds. The molecular formula is C36H42Cl2N3O6S2+. The van der Waals surface area contributed by atoms with Crippen LogP contribution in [0, 0.1) is 0 Å². The van der Waals surface area contributed by atoms with Gasteiger partial charge in [0.2, 0.25) is 18.1 Å². The lowest BCUT2D eigenvalue weighted by Crippen LogP contribution is -2.45. The molecule has 0 spiro atoms. The highest BCUT2D eigenvalue weighted by atomic mass is 35.5. The summed E-state index contributed by atoms with van der Waals surface area (Å²) in [6.07, 6.45) is 11.1. The largest absolute Gasteiger partial charge is 0.748 e. The highest BCUT2D eigenvalue weighted by Gasteiger charge is 2.44. The van der Waals surface area contributed by atoms with Crippen molar-refractivity contribution < 1.29 is 35.0 Å². The van der Waals surface area contributed by atoms with Gasteiger partial charge in [-0.2, -0.15) is 13.0 Å². The molecule has 262 valence electrons. The Morgan fingerprint density at radius 1 is 0.837 bits per heavy atom. The molecule has 9 nitrogen and oxygen atoms in total. The SMILES string of the molecule is CC1(C)C(=CC=CC2=[N+](CCCCS(=O)(=O)O[n+]3ccccc3)c3ccc(Cl)cc3C2(C)C)N(CCCCS(=O)(=O)[O-])c2ccc(Cl)cc21. The number of hydrogen-bond donors (Lipinski definition) is 0. The van der Waals surface area contributed by atoms with Crippen LogP contribution in [-0.4, -0.2) is 56.3 Å². The maximum atomic E-state index is 12.6. The van der Waals surface area contributed by atoms with Gasteiger partial charge in [-0.3, -0.25) is 0 Å². The lowest BCUT2D eigenvalue weighted by molar-refractivity contribution is -0.856. The van der Waals surface area contributed by atoms with Gasteiger partial charge in [-0.1, -0.05) is 49.2 Å². The second kappa shape index (κ2) is 14.6. The topological polar surface area (TPSA) is 111 Å². The first kappa shape index (κ1) is 37.0. The van der Waals surface area contributed by atoms with E-state index in [4.69, 9.17) is 27.5 Å². The molecule has 3 heterocycles. The van der Waals surface area contributed by atoms with Gasteiger partial charge in [0.1, 0.15) is 6.54 Å². The van der Waals surface area contributed by atoms with Crippen molar-refractivity contribution in [3.63, 3.8) is 0 Å². The van der Waals surface area contributed by atoms with Crippen LogP contribution in [0.1, 0.15) is 64.5 Å². The lowest BCUT2D eigenvalue weighted by atomic mass is 9.81. The summed E-state index contributed by atoms with van der Waals surface area (Å²) >= 11 is 12.9. The Bertz CT molecular complexity index is 2030. The number of pyridine rings is 1. The van der Waals surface area contributed by atoms with E-state index in [2.05, 4.69) is 49.3 Å². The number of anilines is 1. The van der Waals surface area contributed by atoms with Gasteiger partial charge in [0.25, 0.3) is 0 Å².